The summed E-state index contributed by atoms with van der Waals surface area (Å²) in [5.41, 5.74) is 1.34. The molecule has 0 saturated heterocycles. The largest absolute Gasteiger partial charge is 1.00 e. The van der Waals surface area contributed by atoms with Crippen molar-refractivity contribution in [1.29, 1.82) is 0 Å². The summed E-state index contributed by atoms with van der Waals surface area (Å²) in [6, 6.07) is 4.23. The van der Waals surface area contributed by atoms with Gasteiger partial charge in [0.2, 0.25) is 0 Å². The number of aryl methyl sites for hydroxylation is 2. The molecule has 0 atom stereocenters. The summed E-state index contributed by atoms with van der Waals surface area (Å²) in [5.74, 6) is 0. The number of unbranched alkanes of at least 4 members (excludes halogenated alkanes) is 1. The molecular formula is C10H20Cl2N2. The van der Waals surface area contributed by atoms with Gasteiger partial charge in [-0.1, -0.05) is 13.3 Å². The average Bonchev–Trinajstić information content (AvgIpc) is 2.01. The first-order valence-corrected chi connectivity index (χ1v) is 4.28. The molecule has 0 aliphatic carbocycles. The van der Waals surface area contributed by atoms with E-state index in [4.69, 9.17) is 0 Å². The van der Waals surface area contributed by atoms with Gasteiger partial charge in [0.1, 0.15) is 6.54 Å². The maximum Gasteiger partial charge on any atom is 0.171 e. The van der Waals surface area contributed by atoms with Crippen molar-refractivity contribution in [2.24, 2.45) is 0 Å². The Morgan fingerprint density at radius 3 is 2.50 bits per heavy atom. The van der Waals surface area contributed by atoms with Crippen molar-refractivity contribution in [1.82, 2.24) is 6.15 Å². The van der Waals surface area contributed by atoms with Crippen LogP contribution in [-0.2, 0) is 6.54 Å². The van der Waals surface area contributed by atoms with E-state index in [0.717, 1.165) is 6.54 Å². The van der Waals surface area contributed by atoms with Gasteiger partial charge in [-0.3, -0.25) is 0 Å². The Kier molecular flexibility index (Phi) is 14.8. The summed E-state index contributed by atoms with van der Waals surface area (Å²) in [7, 11) is 0. The number of hydrogen-bond donors (Lipinski definition) is 1. The Labute approximate surface area is 99.1 Å². The van der Waals surface area contributed by atoms with Gasteiger partial charge in [-0.2, -0.15) is 0 Å². The van der Waals surface area contributed by atoms with Gasteiger partial charge in [-0.15, -0.1) is 12.4 Å². The Balaban J connectivity index is -0.000000403. The van der Waals surface area contributed by atoms with Crippen LogP contribution in [0.2, 0.25) is 0 Å². The highest BCUT2D eigenvalue weighted by molar-refractivity contribution is 5.85. The molecule has 0 aliphatic rings. The van der Waals surface area contributed by atoms with Crippen LogP contribution in [0.1, 0.15) is 25.3 Å². The minimum Gasteiger partial charge on any atom is -1.00 e. The summed E-state index contributed by atoms with van der Waals surface area (Å²) in [5, 5.41) is 0. The van der Waals surface area contributed by atoms with E-state index in [0.29, 0.717) is 0 Å². The lowest BCUT2D eigenvalue weighted by Crippen LogP contribution is -3.00. The smallest absolute Gasteiger partial charge is 0.171 e. The van der Waals surface area contributed by atoms with Gasteiger partial charge in [0.05, 0.1) is 0 Å². The van der Waals surface area contributed by atoms with Crippen molar-refractivity contribution < 1.29 is 17.0 Å². The summed E-state index contributed by atoms with van der Waals surface area (Å²) in [6.45, 7) is 5.50. The quantitative estimate of drug-likeness (QED) is 0.721. The summed E-state index contributed by atoms with van der Waals surface area (Å²) >= 11 is 0. The molecule has 1 aromatic heterocycles. The first-order valence-electron chi connectivity index (χ1n) is 4.28. The fraction of sp³-hybridized carbons (Fsp3) is 0.500. The number of hydrogen-bond acceptors (Lipinski definition) is 1. The van der Waals surface area contributed by atoms with Gasteiger partial charge in [0.15, 0.2) is 12.4 Å². The second kappa shape index (κ2) is 10.8. The SMILES string of the molecule is CCCC[n+]1cccc(C)c1.Cl.N.[Cl-]. The lowest BCUT2D eigenvalue weighted by Gasteiger charge is -1.94. The first-order chi connectivity index (χ1) is 5.33. The fourth-order valence-corrected chi connectivity index (χ4v) is 1.13. The van der Waals surface area contributed by atoms with Crippen LogP contribution >= 0.6 is 12.4 Å². The Morgan fingerprint density at radius 1 is 1.36 bits per heavy atom. The molecule has 4 heteroatoms. The van der Waals surface area contributed by atoms with Crippen LogP contribution in [0.15, 0.2) is 24.5 Å². The van der Waals surface area contributed by atoms with Gasteiger partial charge < -0.3 is 18.6 Å². The van der Waals surface area contributed by atoms with Gasteiger partial charge >= 0.3 is 0 Å². The van der Waals surface area contributed by atoms with E-state index >= 15 is 0 Å². The molecule has 0 spiro atoms. The minimum absolute atomic E-state index is 0. The van der Waals surface area contributed by atoms with Crippen molar-refractivity contribution >= 4 is 12.4 Å². The molecule has 0 aliphatic heterocycles. The predicted molar refractivity (Wildman–Crippen MR) is 58.6 cm³/mol. The second-order valence-corrected chi connectivity index (χ2v) is 2.97. The molecule has 2 nitrogen and oxygen atoms in total. The molecule has 1 heterocycles. The molecule has 0 aromatic carbocycles. The third kappa shape index (κ3) is 7.13. The zero-order valence-corrected chi connectivity index (χ0v) is 10.4. The van der Waals surface area contributed by atoms with Crippen LogP contribution < -0.4 is 23.1 Å². The van der Waals surface area contributed by atoms with E-state index in [1.54, 1.807) is 0 Å². The normalized spacial score (nSPS) is 7.86. The van der Waals surface area contributed by atoms with Crippen molar-refractivity contribution in [3.05, 3.63) is 30.1 Å². The van der Waals surface area contributed by atoms with Gasteiger partial charge in [-0.25, -0.2) is 4.57 Å². The van der Waals surface area contributed by atoms with Crippen LogP contribution in [0.5, 0.6) is 0 Å². The first kappa shape index (κ1) is 19.3. The minimum atomic E-state index is 0. The van der Waals surface area contributed by atoms with Crippen LogP contribution in [-0.4, -0.2) is 0 Å². The van der Waals surface area contributed by atoms with Crippen molar-refractivity contribution in [3.63, 3.8) is 0 Å². The predicted octanol–water partition coefficient (Wildman–Crippen LogP) is -0.330. The number of rotatable bonds is 3. The summed E-state index contributed by atoms with van der Waals surface area (Å²) in [6.07, 6.45) is 6.85. The Bertz CT molecular complexity index is 229. The number of aromatic nitrogens is 1. The molecule has 1 aromatic rings. The molecule has 14 heavy (non-hydrogen) atoms. The van der Waals surface area contributed by atoms with Gasteiger partial charge in [0, 0.05) is 18.1 Å². The fourth-order valence-electron chi connectivity index (χ4n) is 1.13. The Morgan fingerprint density at radius 2 is 2.00 bits per heavy atom. The zero-order chi connectivity index (χ0) is 8.10. The highest BCUT2D eigenvalue weighted by Crippen LogP contribution is 1.91. The van der Waals surface area contributed by atoms with E-state index in [-0.39, 0.29) is 31.0 Å². The van der Waals surface area contributed by atoms with Crippen molar-refractivity contribution in [3.8, 4) is 0 Å². The van der Waals surface area contributed by atoms with Gasteiger partial charge in [0.25, 0.3) is 0 Å². The molecule has 0 fully saturated rings. The van der Waals surface area contributed by atoms with Crippen molar-refractivity contribution in [2.45, 2.75) is 33.2 Å². The van der Waals surface area contributed by atoms with E-state index in [1.165, 1.54) is 18.4 Å². The molecule has 84 valence electrons. The van der Waals surface area contributed by atoms with E-state index < -0.39 is 0 Å². The standard InChI is InChI=1S/C10H16N.2ClH.H3N/c1-3-4-7-11-8-5-6-10(2)9-11;;;/h5-6,8-9H,3-4,7H2,1-2H3;2*1H;1H3/q+1;;;/p-1. The summed E-state index contributed by atoms with van der Waals surface area (Å²) < 4.78 is 2.25. The number of pyridine rings is 1. The van der Waals surface area contributed by atoms with E-state index in [9.17, 15) is 0 Å². The lowest BCUT2D eigenvalue weighted by molar-refractivity contribution is -0.697. The average molecular weight is 239 g/mol. The maximum absolute atomic E-state index is 2.25. The molecular weight excluding hydrogens is 219 g/mol. The molecule has 0 unspecified atom stereocenters. The van der Waals surface area contributed by atoms with E-state index in [1.807, 2.05) is 0 Å². The summed E-state index contributed by atoms with van der Waals surface area (Å²) in [4.78, 5) is 0. The molecule has 3 N–H and O–H groups in total. The molecule has 0 amide bonds. The van der Waals surface area contributed by atoms with Crippen LogP contribution in [0.3, 0.4) is 0 Å². The molecule has 1 rings (SSSR count). The Hall–Kier alpha value is -0.310. The van der Waals surface area contributed by atoms with Crippen molar-refractivity contribution in [2.75, 3.05) is 0 Å². The maximum atomic E-state index is 2.25. The van der Waals surface area contributed by atoms with Crippen LogP contribution in [0, 0.1) is 6.92 Å². The molecule has 0 radical (unpaired) electrons. The number of halogens is 2. The van der Waals surface area contributed by atoms with E-state index in [2.05, 4.69) is 42.9 Å². The molecule has 0 bridgehead atoms. The molecule has 0 saturated carbocycles. The third-order valence-corrected chi connectivity index (χ3v) is 1.78. The second-order valence-electron chi connectivity index (χ2n) is 2.97. The third-order valence-electron chi connectivity index (χ3n) is 1.78. The zero-order valence-electron chi connectivity index (χ0n) is 8.87. The highest BCUT2D eigenvalue weighted by Gasteiger charge is 1.97. The topological polar surface area (TPSA) is 38.9 Å². The lowest BCUT2D eigenvalue weighted by atomic mass is 10.3. The van der Waals surface area contributed by atoms with Crippen LogP contribution in [0.4, 0.5) is 0 Å². The monoisotopic (exact) mass is 238 g/mol. The number of nitrogens with zero attached hydrogens (tertiary/aromatic N) is 1. The highest BCUT2D eigenvalue weighted by atomic mass is 35.5. The van der Waals surface area contributed by atoms with Crippen LogP contribution in [0.25, 0.3) is 0 Å². The van der Waals surface area contributed by atoms with Gasteiger partial charge in [-0.05, 0) is 13.0 Å².